The Morgan fingerprint density at radius 3 is 2.38 bits per heavy atom. The highest BCUT2D eigenvalue weighted by atomic mass is 32.2. The Labute approximate surface area is 173 Å². The van der Waals surface area contributed by atoms with Gasteiger partial charge in [-0.2, -0.15) is 0 Å². The lowest BCUT2D eigenvalue weighted by Gasteiger charge is -2.23. The second-order valence-electron chi connectivity index (χ2n) is 7.16. The number of sulfonamides is 1. The predicted octanol–water partition coefficient (Wildman–Crippen LogP) is 2.51. The average molecular weight is 435 g/mol. The lowest BCUT2D eigenvalue weighted by Crippen LogP contribution is -2.43. The van der Waals surface area contributed by atoms with Gasteiger partial charge in [-0.3, -0.25) is 0 Å². The van der Waals surface area contributed by atoms with Crippen LogP contribution in [0.15, 0.2) is 64.4 Å². The van der Waals surface area contributed by atoms with Gasteiger partial charge in [0.1, 0.15) is 0 Å². The molecule has 0 atom stereocenters. The van der Waals surface area contributed by atoms with Gasteiger partial charge in [0, 0.05) is 6.04 Å². The first kappa shape index (κ1) is 21.7. The molecule has 156 valence electrons. The van der Waals surface area contributed by atoms with Crippen LogP contribution in [0.25, 0.3) is 6.08 Å². The van der Waals surface area contributed by atoms with Crippen molar-refractivity contribution >= 4 is 25.9 Å². The molecule has 0 radical (unpaired) electrons. The number of hydrogen-bond donors (Lipinski definition) is 2. The van der Waals surface area contributed by atoms with Crippen molar-refractivity contribution in [2.24, 2.45) is 0 Å². The first-order valence-corrected chi connectivity index (χ1v) is 12.7. The maximum Gasteiger partial charge on any atom is 0.215 e. The molecule has 0 unspecified atom stereocenters. The van der Waals surface area contributed by atoms with E-state index >= 15 is 0 Å². The summed E-state index contributed by atoms with van der Waals surface area (Å²) in [7, 11) is -7.05. The number of nitrogens with one attached hydrogen (secondary N) is 2. The minimum atomic E-state index is -3.62. The summed E-state index contributed by atoms with van der Waals surface area (Å²) in [6.45, 7) is 3.48. The molecule has 1 aliphatic heterocycles. The first-order chi connectivity index (χ1) is 13.8. The van der Waals surface area contributed by atoms with E-state index in [0.717, 1.165) is 31.5 Å². The molecule has 2 N–H and O–H groups in total. The standard InChI is InChI=1S/C21H26N2O4S2/c1-17-9-10-21(29(26,27)20-7-3-2-4-8-20)16-18(17)6-5-15-28(24,25)23-19-11-13-22-14-12-19/h2-10,16,19,22-23H,11-15H2,1H3. The molecule has 0 bridgehead atoms. The van der Waals surface area contributed by atoms with Gasteiger partial charge in [-0.05, 0) is 68.2 Å². The summed E-state index contributed by atoms with van der Waals surface area (Å²) < 4.78 is 53.0. The second-order valence-corrected chi connectivity index (χ2v) is 10.9. The molecule has 2 aromatic carbocycles. The quantitative estimate of drug-likeness (QED) is 0.699. The van der Waals surface area contributed by atoms with Crippen LogP contribution >= 0.6 is 0 Å². The van der Waals surface area contributed by atoms with Gasteiger partial charge < -0.3 is 5.32 Å². The van der Waals surface area contributed by atoms with Gasteiger partial charge in [0.25, 0.3) is 0 Å². The third-order valence-corrected chi connectivity index (χ3v) is 8.00. The Hall–Kier alpha value is -2.00. The lowest BCUT2D eigenvalue weighted by atomic mass is 10.1. The first-order valence-electron chi connectivity index (χ1n) is 9.56. The number of piperidine rings is 1. The molecule has 6 nitrogen and oxygen atoms in total. The Balaban J connectivity index is 1.75. The molecular formula is C21H26N2O4S2. The number of sulfone groups is 1. The van der Waals surface area contributed by atoms with Crippen molar-refractivity contribution in [3.05, 3.63) is 65.7 Å². The second kappa shape index (κ2) is 9.21. The van der Waals surface area contributed by atoms with Crippen LogP contribution in [0.2, 0.25) is 0 Å². The van der Waals surface area contributed by atoms with Gasteiger partial charge in [-0.1, -0.05) is 36.4 Å². The Kier molecular flexibility index (Phi) is 6.89. The van der Waals surface area contributed by atoms with Gasteiger partial charge in [-0.15, -0.1) is 0 Å². The van der Waals surface area contributed by atoms with E-state index in [4.69, 9.17) is 0 Å². The van der Waals surface area contributed by atoms with E-state index < -0.39 is 19.9 Å². The van der Waals surface area contributed by atoms with Crippen LogP contribution in [0, 0.1) is 6.92 Å². The molecule has 0 saturated carbocycles. The van der Waals surface area contributed by atoms with E-state index in [0.29, 0.717) is 5.56 Å². The molecule has 1 fully saturated rings. The highest BCUT2D eigenvalue weighted by Crippen LogP contribution is 2.23. The number of benzene rings is 2. The minimum Gasteiger partial charge on any atom is -0.317 e. The van der Waals surface area contributed by atoms with Crippen molar-refractivity contribution in [2.75, 3.05) is 18.8 Å². The number of hydrogen-bond acceptors (Lipinski definition) is 5. The molecule has 0 aromatic heterocycles. The Morgan fingerprint density at radius 2 is 1.69 bits per heavy atom. The van der Waals surface area contributed by atoms with E-state index in [-0.39, 0.29) is 21.6 Å². The van der Waals surface area contributed by atoms with Crippen molar-refractivity contribution in [1.82, 2.24) is 10.0 Å². The predicted molar refractivity (Wildman–Crippen MR) is 115 cm³/mol. The molecular weight excluding hydrogens is 408 g/mol. The Morgan fingerprint density at radius 1 is 1.00 bits per heavy atom. The zero-order chi connectivity index (χ0) is 20.9. The SMILES string of the molecule is Cc1ccc(S(=O)(=O)c2ccccc2)cc1C=CCS(=O)(=O)NC1CCNCC1. The third-order valence-electron chi connectivity index (χ3n) is 4.91. The summed E-state index contributed by atoms with van der Waals surface area (Å²) in [6, 6.07) is 13.1. The van der Waals surface area contributed by atoms with E-state index in [1.54, 1.807) is 60.7 Å². The monoisotopic (exact) mass is 434 g/mol. The summed E-state index contributed by atoms with van der Waals surface area (Å²) in [6.07, 6.45) is 4.79. The van der Waals surface area contributed by atoms with Crippen LogP contribution in [0.4, 0.5) is 0 Å². The fourth-order valence-electron chi connectivity index (χ4n) is 3.24. The van der Waals surface area contributed by atoms with Crippen LogP contribution in [-0.4, -0.2) is 41.7 Å². The van der Waals surface area contributed by atoms with Gasteiger partial charge in [0.05, 0.1) is 15.5 Å². The van der Waals surface area contributed by atoms with Crippen molar-refractivity contribution in [2.45, 2.75) is 35.6 Å². The summed E-state index contributed by atoms with van der Waals surface area (Å²) >= 11 is 0. The van der Waals surface area contributed by atoms with E-state index in [1.807, 2.05) is 6.92 Å². The minimum absolute atomic E-state index is 0.0317. The van der Waals surface area contributed by atoms with Crippen LogP contribution < -0.4 is 10.0 Å². The fourth-order valence-corrected chi connectivity index (χ4v) is 5.75. The van der Waals surface area contributed by atoms with Gasteiger partial charge in [-0.25, -0.2) is 21.6 Å². The molecule has 3 rings (SSSR count). The fraction of sp³-hybridized carbons (Fsp3) is 0.333. The van der Waals surface area contributed by atoms with Gasteiger partial charge >= 0.3 is 0 Å². The lowest BCUT2D eigenvalue weighted by molar-refractivity contribution is 0.427. The van der Waals surface area contributed by atoms with Crippen molar-refractivity contribution < 1.29 is 16.8 Å². The maximum atomic E-state index is 12.8. The number of aryl methyl sites for hydroxylation is 1. The summed E-state index contributed by atoms with van der Waals surface area (Å²) in [5.41, 5.74) is 1.55. The molecule has 0 spiro atoms. The molecule has 0 amide bonds. The van der Waals surface area contributed by atoms with Crippen molar-refractivity contribution in [1.29, 1.82) is 0 Å². The van der Waals surface area contributed by atoms with Gasteiger partial charge in [0.2, 0.25) is 19.9 Å². The molecule has 29 heavy (non-hydrogen) atoms. The zero-order valence-electron chi connectivity index (χ0n) is 16.3. The van der Waals surface area contributed by atoms with Crippen molar-refractivity contribution in [3.63, 3.8) is 0 Å². The topological polar surface area (TPSA) is 92.3 Å². The summed E-state index contributed by atoms with van der Waals surface area (Å²) in [5.74, 6) is -0.147. The summed E-state index contributed by atoms with van der Waals surface area (Å²) in [5, 5.41) is 3.20. The molecule has 1 saturated heterocycles. The van der Waals surface area contributed by atoms with E-state index in [2.05, 4.69) is 10.0 Å². The third kappa shape index (κ3) is 5.76. The molecule has 0 aliphatic carbocycles. The smallest absolute Gasteiger partial charge is 0.215 e. The highest BCUT2D eigenvalue weighted by Gasteiger charge is 2.19. The van der Waals surface area contributed by atoms with E-state index in [9.17, 15) is 16.8 Å². The zero-order valence-corrected chi connectivity index (χ0v) is 18.0. The van der Waals surface area contributed by atoms with Crippen LogP contribution in [-0.2, 0) is 19.9 Å². The van der Waals surface area contributed by atoms with Crippen LogP contribution in [0.1, 0.15) is 24.0 Å². The molecule has 1 aliphatic rings. The van der Waals surface area contributed by atoms with Gasteiger partial charge in [0.15, 0.2) is 0 Å². The Bertz CT molecular complexity index is 1070. The van der Waals surface area contributed by atoms with Crippen LogP contribution in [0.3, 0.4) is 0 Å². The largest absolute Gasteiger partial charge is 0.317 e. The molecule has 8 heteroatoms. The van der Waals surface area contributed by atoms with E-state index in [1.165, 1.54) is 0 Å². The average Bonchev–Trinajstić information content (AvgIpc) is 2.70. The van der Waals surface area contributed by atoms with Crippen LogP contribution in [0.5, 0.6) is 0 Å². The summed E-state index contributed by atoms with van der Waals surface area (Å²) in [4.78, 5) is 0.414. The molecule has 1 heterocycles. The number of rotatable bonds is 7. The highest BCUT2D eigenvalue weighted by molar-refractivity contribution is 7.91. The normalized spacial score (nSPS) is 16.3. The maximum absolute atomic E-state index is 12.8. The molecule has 2 aromatic rings. The van der Waals surface area contributed by atoms with Crippen molar-refractivity contribution in [3.8, 4) is 0 Å².